The molecule has 3 N–H and O–H groups in total. The van der Waals surface area contributed by atoms with Crippen molar-refractivity contribution in [2.24, 2.45) is 0 Å². The van der Waals surface area contributed by atoms with Gasteiger partial charge in [0.2, 0.25) is 0 Å². The minimum Gasteiger partial charge on any atom is -0.465 e. The lowest BCUT2D eigenvalue weighted by Gasteiger charge is -2.04. The van der Waals surface area contributed by atoms with E-state index in [0.29, 0.717) is 5.82 Å². The summed E-state index contributed by atoms with van der Waals surface area (Å²) in [7, 11) is 2.97. The van der Waals surface area contributed by atoms with Crippen LogP contribution in [0.5, 0.6) is 0 Å². The van der Waals surface area contributed by atoms with Crippen LogP contribution in [0.25, 0.3) is 5.69 Å². The van der Waals surface area contributed by atoms with Crippen LogP contribution in [0.3, 0.4) is 0 Å². The van der Waals surface area contributed by atoms with Gasteiger partial charge in [0, 0.05) is 11.5 Å². The smallest absolute Gasteiger partial charge is 0.345 e. The number of rotatable bonds is 3. The van der Waals surface area contributed by atoms with Crippen molar-refractivity contribution in [3.8, 4) is 5.69 Å². The topological polar surface area (TPSA) is 82.2 Å². The van der Waals surface area contributed by atoms with E-state index < -0.39 is 5.97 Å². The molecule has 6 nitrogen and oxygen atoms in total. The second kappa shape index (κ2) is 5.31. The average Bonchev–Trinajstić information content (AvgIpc) is 2.76. The van der Waals surface area contributed by atoms with Crippen molar-refractivity contribution < 1.29 is 9.53 Å². The fourth-order valence-corrected chi connectivity index (χ4v) is 1.95. The van der Waals surface area contributed by atoms with E-state index in [0.717, 1.165) is 10.2 Å². The highest BCUT2D eigenvalue weighted by molar-refractivity contribution is 9.10. The number of benzene rings is 1. The molecule has 1 heterocycles. The lowest BCUT2D eigenvalue weighted by Crippen LogP contribution is -2.08. The van der Waals surface area contributed by atoms with E-state index in [4.69, 9.17) is 10.5 Å². The first-order valence-corrected chi connectivity index (χ1v) is 6.28. The van der Waals surface area contributed by atoms with Gasteiger partial charge in [0.1, 0.15) is 11.4 Å². The van der Waals surface area contributed by atoms with Crippen molar-refractivity contribution in [2.75, 3.05) is 25.2 Å². The fraction of sp³-hybridized carbons (Fsp3) is 0.167. The van der Waals surface area contributed by atoms with Gasteiger partial charge in [-0.05, 0) is 24.3 Å². The molecule has 0 aliphatic carbocycles. The zero-order valence-corrected chi connectivity index (χ0v) is 12.1. The molecule has 0 unspecified atom stereocenters. The monoisotopic (exact) mass is 324 g/mol. The molecule has 0 saturated carbocycles. The number of aromatic nitrogens is 2. The number of nitrogens with zero attached hydrogens (tertiary/aromatic N) is 2. The Kier molecular flexibility index (Phi) is 3.75. The van der Waals surface area contributed by atoms with E-state index in [-0.39, 0.29) is 11.4 Å². The second-order valence-corrected chi connectivity index (χ2v) is 4.65. The number of anilines is 2. The molecule has 0 atom stereocenters. The standard InChI is InChI=1S/C12H13BrN4O2/c1-15-11-9(12(18)19-2)10(14)17(16-11)8-5-3-7(13)4-6-8/h3-6H,14H2,1-2H3,(H,15,16). The van der Waals surface area contributed by atoms with Crippen molar-refractivity contribution in [1.29, 1.82) is 0 Å². The molecular formula is C12H13BrN4O2. The maximum absolute atomic E-state index is 11.7. The minimum atomic E-state index is -0.523. The molecule has 2 rings (SSSR count). The number of carbonyl (C=O) groups excluding carboxylic acids is 1. The molecule has 0 fully saturated rings. The van der Waals surface area contributed by atoms with E-state index in [9.17, 15) is 4.79 Å². The number of nitrogen functional groups attached to an aromatic ring is 1. The first-order chi connectivity index (χ1) is 9.08. The van der Waals surface area contributed by atoms with Crippen molar-refractivity contribution >= 4 is 33.5 Å². The summed E-state index contributed by atoms with van der Waals surface area (Å²) in [6.07, 6.45) is 0. The van der Waals surface area contributed by atoms with Crippen LogP contribution in [0, 0.1) is 0 Å². The number of carbonyl (C=O) groups is 1. The van der Waals surface area contributed by atoms with Crippen LogP contribution in [-0.2, 0) is 4.74 Å². The molecular weight excluding hydrogens is 312 g/mol. The molecule has 1 aromatic heterocycles. The molecule has 7 heteroatoms. The quantitative estimate of drug-likeness (QED) is 0.844. The first-order valence-electron chi connectivity index (χ1n) is 5.49. The largest absolute Gasteiger partial charge is 0.465 e. The Hall–Kier alpha value is -2.02. The number of hydrogen-bond donors (Lipinski definition) is 2. The van der Waals surface area contributed by atoms with Crippen molar-refractivity contribution in [1.82, 2.24) is 9.78 Å². The number of nitrogens with one attached hydrogen (secondary N) is 1. The molecule has 0 saturated heterocycles. The highest BCUT2D eigenvalue weighted by Gasteiger charge is 2.22. The number of halogens is 1. The zero-order chi connectivity index (χ0) is 14.0. The van der Waals surface area contributed by atoms with Crippen molar-refractivity contribution in [2.45, 2.75) is 0 Å². The maximum Gasteiger partial charge on any atom is 0.345 e. The zero-order valence-electron chi connectivity index (χ0n) is 10.5. The Bertz CT molecular complexity index is 607. The van der Waals surface area contributed by atoms with Gasteiger partial charge in [-0.3, -0.25) is 0 Å². The van der Waals surface area contributed by atoms with Crippen LogP contribution in [0.1, 0.15) is 10.4 Å². The number of ether oxygens (including phenoxy) is 1. The molecule has 0 bridgehead atoms. The summed E-state index contributed by atoms with van der Waals surface area (Å²) >= 11 is 3.36. The number of nitrogens with two attached hydrogens (primary N) is 1. The van der Waals surface area contributed by atoms with Gasteiger partial charge < -0.3 is 15.8 Å². The third kappa shape index (κ3) is 2.41. The van der Waals surface area contributed by atoms with E-state index in [1.807, 2.05) is 24.3 Å². The second-order valence-electron chi connectivity index (χ2n) is 3.74. The van der Waals surface area contributed by atoms with Gasteiger partial charge in [0.15, 0.2) is 5.82 Å². The van der Waals surface area contributed by atoms with E-state index in [1.165, 1.54) is 11.8 Å². The van der Waals surface area contributed by atoms with E-state index >= 15 is 0 Å². The van der Waals surface area contributed by atoms with Crippen LogP contribution >= 0.6 is 15.9 Å². The summed E-state index contributed by atoms with van der Waals surface area (Å²) < 4.78 is 7.15. The SMILES string of the molecule is CNc1nn(-c2ccc(Br)cc2)c(N)c1C(=O)OC. The maximum atomic E-state index is 11.7. The fourth-order valence-electron chi connectivity index (χ4n) is 1.69. The highest BCUT2D eigenvalue weighted by atomic mass is 79.9. The third-order valence-corrected chi connectivity index (χ3v) is 3.15. The van der Waals surface area contributed by atoms with Gasteiger partial charge in [0.05, 0.1) is 12.8 Å². The van der Waals surface area contributed by atoms with Crippen LogP contribution < -0.4 is 11.1 Å². The molecule has 100 valence electrons. The van der Waals surface area contributed by atoms with E-state index in [1.54, 1.807) is 7.05 Å². The van der Waals surface area contributed by atoms with Crippen molar-refractivity contribution in [3.63, 3.8) is 0 Å². The average molecular weight is 325 g/mol. The summed E-state index contributed by atoms with van der Waals surface area (Å²) in [6, 6.07) is 7.42. The van der Waals surface area contributed by atoms with Gasteiger partial charge in [-0.15, -0.1) is 5.10 Å². The summed E-state index contributed by atoms with van der Waals surface area (Å²) in [5.41, 5.74) is 6.96. The molecule has 2 aromatic rings. The van der Waals surface area contributed by atoms with Gasteiger partial charge in [0.25, 0.3) is 0 Å². The normalized spacial score (nSPS) is 10.3. The summed E-state index contributed by atoms with van der Waals surface area (Å²) in [5, 5.41) is 7.09. The molecule has 19 heavy (non-hydrogen) atoms. The van der Waals surface area contributed by atoms with Gasteiger partial charge in [-0.25, -0.2) is 9.48 Å². The summed E-state index contributed by atoms with van der Waals surface area (Å²) in [4.78, 5) is 11.7. The Morgan fingerprint density at radius 1 is 1.42 bits per heavy atom. The van der Waals surface area contributed by atoms with Gasteiger partial charge >= 0.3 is 5.97 Å². The Morgan fingerprint density at radius 2 is 2.05 bits per heavy atom. The highest BCUT2D eigenvalue weighted by Crippen LogP contribution is 2.26. The lowest BCUT2D eigenvalue weighted by molar-refractivity contribution is 0.0603. The first kappa shape index (κ1) is 13.4. The van der Waals surface area contributed by atoms with Crippen LogP contribution in [-0.4, -0.2) is 29.9 Å². The molecule has 0 aliphatic rings. The minimum absolute atomic E-state index is 0.230. The molecule has 0 radical (unpaired) electrons. The predicted molar refractivity (Wildman–Crippen MR) is 76.6 cm³/mol. The van der Waals surface area contributed by atoms with Crippen molar-refractivity contribution in [3.05, 3.63) is 34.3 Å². The summed E-state index contributed by atoms with van der Waals surface area (Å²) in [6.45, 7) is 0. The third-order valence-electron chi connectivity index (χ3n) is 2.62. The van der Waals surface area contributed by atoms with Gasteiger partial charge in [-0.2, -0.15) is 0 Å². The van der Waals surface area contributed by atoms with Gasteiger partial charge in [-0.1, -0.05) is 15.9 Å². The van der Waals surface area contributed by atoms with Crippen LogP contribution in [0.15, 0.2) is 28.7 Å². The Balaban J connectivity index is 2.56. The number of methoxy groups -OCH3 is 1. The van der Waals surface area contributed by atoms with Crippen LogP contribution in [0.2, 0.25) is 0 Å². The van der Waals surface area contributed by atoms with Crippen LogP contribution in [0.4, 0.5) is 11.6 Å². The Morgan fingerprint density at radius 3 is 2.58 bits per heavy atom. The Labute approximate surface area is 118 Å². The number of hydrogen-bond acceptors (Lipinski definition) is 5. The van der Waals surface area contributed by atoms with E-state index in [2.05, 4.69) is 26.3 Å². The predicted octanol–water partition coefficient (Wildman–Crippen LogP) is 2.05. The summed E-state index contributed by atoms with van der Waals surface area (Å²) in [5.74, 6) is 0.0935. The number of esters is 1. The molecule has 0 aliphatic heterocycles. The molecule has 0 amide bonds. The lowest BCUT2D eigenvalue weighted by atomic mass is 10.3. The molecule has 0 spiro atoms. The molecule has 1 aromatic carbocycles.